The summed E-state index contributed by atoms with van der Waals surface area (Å²) in [6, 6.07) is 11.6. The van der Waals surface area contributed by atoms with Crippen molar-refractivity contribution in [3.63, 3.8) is 0 Å². The van der Waals surface area contributed by atoms with Crippen LogP contribution in [0.1, 0.15) is 17.7 Å². The van der Waals surface area contributed by atoms with Crippen molar-refractivity contribution in [2.24, 2.45) is 0 Å². The first-order valence-electron chi connectivity index (χ1n) is 8.24. The third-order valence-corrected chi connectivity index (χ3v) is 4.36. The maximum Gasteiger partial charge on any atom is 0.162 e. The zero-order chi connectivity index (χ0) is 17.1. The second kappa shape index (κ2) is 6.74. The highest BCUT2D eigenvalue weighted by Crippen LogP contribution is 2.36. The molecule has 130 valence electrons. The van der Waals surface area contributed by atoms with Crippen molar-refractivity contribution >= 4 is 5.70 Å². The zero-order valence-electron chi connectivity index (χ0n) is 14.0. The van der Waals surface area contributed by atoms with E-state index < -0.39 is 0 Å². The number of nitrogens with zero attached hydrogens (tertiary/aromatic N) is 1. The van der Waals surface area contributed by atoms with Crippen molar-refractivity contribution in [2.75, 3.05) is 20.3 Å². The maximum absolute atomic E-state index is 5.92. The maximum atomic E-state index is 5.92. The monoisotopic (exact) mass is 340 g/mol. The van der Waals surface area contributed by atoms with Gasteiger partial charge in [0.25, 0.3) is 0 Å². The van der Waals surface area contributed by atoms with E-state index in [0.717, 1.165) is 23.4 Å². The Labute approximate surface area is 146 Å². The molecule has 1 spiro atoms. The highest BCUT2D eigenvalue weighted by molar-refractivity contribution is 5.68. The fourth-order valence-corrected chi connectivity index (χ4v) is 2.97. The molecule has 1 N–H and O–H groups in total. The highest BCUT2D eigenvalue weighted by Gasteiger charge is 2.39. The second-order valence-electron chi connectivity index (χ2n) is 6.10. The summed E-state index contributed by atoms with van der Waals surface area (Å²) in [4.78, 5) is 10.0. The molecule has 1 aromatic heterocycles. The summed E-state index contributed by atoms with van der Waals surface area (Å²) in [6.45, 7) is 1.66. The van der Waals surface area contributed by atoms with Crippen molar-refractivity contribution in [2.45, 2.75) is 18.6 Å². The van der Waals surface area contributed by atoms with Crippen LogP contribution in [0.4, 0.5) is 0 Å². The SMILES string of the molecule is COc1ccc(C2=CC3(CCOC3)ON2)cc1OCc1ccccn1. The summed E-state index contributed by atoms with van der Waals surface area (Å²) in [5, 5.41) is 0. The summed E-state index contributed by atoms with van der Waals surface area (Å²) in [6.07, 6.45) is 4.69. The predicted molar refractivity (Wildman–Crippen MR) is 91.9 cm³/mol. The highest BCUT2D eigenvalue weighted by atomic mass is 16.7. The largest absolute Gasteiger partial charge is 0.493 e. The number of nitrogens with one attached hydrogen (secondary N) is 1. The van der Waals surface area contributed by atoms with Crippen molar-refractivity contribution < 1.29 is 19.0 Å². The molecule has 2 aromatic rings. The Balaban J connectivity index is 1.56. The quantitative estimate of drug-likeness (QED) is 0.903. The van der Waals surface area contributed by atoms with Crippen LogP contribution in [0.5, 0.6) is 11.5 Å². The Morgan fingerprint density at radius 3 is 2.96 bits per heavy atom. The molecule has 1 saturated heterocycles. The minimum Gasteiger partial charge on any atom is -0.493 e. The molecule has 1 unspecified atom stereocenters. The Kier molecular flexibility index (Phi) is 4.29. The van der Waals surface area contributed by atoms with Crippen molar-refractivity contribution in [1.29, 1.82) is 0 Å². The predicted octanol–water partition coefficient (Wildman–Crippen LogP) is 2.70. The van der Waals surface area contributed by atoms with Crippen LogP contribution in [0, 0.1) is 0 Å². The molecule has 0 amide bonds. The molecule has 3 heterocycles. The molecular formula is C19H20N2O4. The lowest BCUT2D eigenvalue weighted by atomic mass is 10.0. The Morgan fingerprint density at radius 1 is 1.24 bits per heavy atom. The van der Waals surface area contributed by atoms with E-state index in [4.69, 9.17) is 19.0 Å². The summed E-state index contributed by atoms with van der Waals surface area (Å²) >= 11 is 0. The normalized spacial score (nSPS) is 21.9. The lowest BCUT2D eigenvalue weighted by molar-refractivity contribution is -0.0373. The molecule has 1 aromatic carbocycles. The molecule has 6 heteroatoms. The standard InChI is InChI=1S/C19H20N2O4/c1-22-17-6-5-14(16-11-19(25-21-16)7-9-23-13-19)10-18(17)24-12-15-4-2-3-8-20-15/h2-6,8,10-11,21H,7,9,12-13H2,1H3. The number of pyridine rings is 1. The van der Waals surface area contributed by atoms with Gasteiger partial charge in [-0.05, 0) is 36.4 Å². The Bertz CT molecular complexity index is 770. The fourth-order valence-electron chi connectivity index (χ4n) is 2.97. The summed E-state index contributed by atoms with van der Waals surface area (Å²) in [5.41, 5.74) is 5.40. The van der Waals surface area contributed by atoms with Crippen molar-refractivity contribution in [3.05, 3.63) is 59.9 Å². The van der Waals surface area contributed by atoms with Gasteiger partial charge in [0.05, 0.1) is 25.1 Å². The minimum atomic E-state index is -0.357. The van der Waals surface area contributed by atoms with Crippen molar-refractivity contribution in [3.8, 4) is 11.5 Å². The van der Waals surface area contributed by atoms with Crippen LogP contribution in [-0.4, -0.2) is 30.9 Å². The van der Waals surface area contributed by atoms with E-state index in [1.807, 2.05) is 36.4 Å². The zero-order valence-corrected chi connectivity index (χ0v) is 14.0. The van der Waals surface area contributed by atoms with E-state index >= 15 is 0 Å². The van der Waals surface area contributed by atoms with E-state index in [-0.39, 0.29) is 5.60 Å². The molecule has 0 bridgehead atoms. The average Bonchev–Trinajstić information content (AvgIpc) is 3.31. The third kappa shape index (κ3) is 3.31. The first kappa shape index (κ1) is 15.9. The van der Waals surface area contributed by atoms with Crippen LogP contribution in [0.15, 0.2) is 48.7 Å². The molecule has 25 heavy (non-hydrogen) atoms. The molecule has 6 nitrogen and oxygen atoms in total. The topological polar surface area (TPSA) is 61.8 Å². The molecule has 0 radical (unpaired) electrons. The lowest BCUT2D eigenvalue weighted by Crippen LogP contribution is -2.29. The number of aromatic nitrogens is 1. The number of hydrogen-bond donors (Lipinski definition) is 1. The number of hydroxylamine groups is 1. The van der Waals surface area contributed by atoms with Gasteiger partial charge in [0.1, 0.15) is 12.2 Å². The van der Waals surface area contributed by atoms with Gasteiger partial charge in [-0.1, -0.05) is 6.07 Å². The van der Waals surface area contributed by atoms with Gasteiger partial charge in [0, 0.05) is 24.8 Å². The van der Waals surface area contributed by atoms with Gasteiger partial charge in [-0.3, -0.25) is 15.3 Å². The fraction of sp³-hybridized carbons (Fsp3) is 0.316. The number of rotatable bonds is 5. The van der Waals surface area contributed by atoms with Crippen LogP contribution >= 0.6 is 0 Å². The van der Waals surface area contributed by atoms with Gasteiger partial charge in [0.15, 0.2) is 11.5 Å². The lowest BCUT2D eigenvalue weighted by Gasteiger charge is -2.15. The Hall–Kier alpha value is -2.57. The van der Waals surface area contributed by atoms with E-state index in [2.05, 4.69) is 16.5 Å². The van der Waals surface area contributed by atoms with Gasteiger partial charge in [-0.15, -0.1) is 0 Å². The Morgan fingerprint density at radius 2 is 2.20 bits per heavy atom. The number of hydrogen-bond acceptors (Lipinski definition) is 6. The van der Waals surface area contributed by atoms with Crippen LogP contribution in [0.3, 0.4) is 0 Å². The summed E-state index contributed by atoms with van der Waals surface area (Å²) in [5.74, 6) is 1.34. The third-order valence-electron chi connectivity index (χ3n) is 4.36. The average molecular weight is 340 g/mol. The minimum absolute atomic E-state index is 0.357. The van der Waals surface area contributed by atoms with Gasteiger partial charge >= 0.3 is 0 Å². The van der Waals surface area contributed by atoms with Crippen LogP contribution in [0.2, 0.25) is 0 Å². The summed E-state index contributed by atoms with van der Waals surface area (Å²) in [7, 11) is 1.63. The van der Waals surface area contributed by atoms with Gasteiger partial charge < -0.3 is 14.2 Å². The molecule has 1 atom stereocenters. The van der Waals surface area contributed by atoms with E-state index in [0.29, 0.717) is 31.3 Å². The number of benzene rings is 1. The number of ether oxygens (including phenoxy) is 3. The van der Waals surface area contributed by atoms with E-state index in [9.17, 15) is 0 Å². The molecule has 2 aliphatic rings. The number of methoxy groups -OCH3 is 1. The molecule has 0 aliphatic carbocycles. The summed E-state index contributed by atoms with van der Waals surface area (Å²) < 4.78 is 16.8. The van der Waals surface area contributed by atoms with Gasteiger partial charge in [-0.25, -0.2) is 0 Å². The van der Waals surface area contributed by atoms with Gasteiger partial charge in [-0.2, -0.15) is 0 Å². The smallest absolute Gasteiger partial charge is 0.162 e. The van der Waals surface area contributed by atoms with E-state index in [1.54, 1.807) is 13.3 Å². The molecular weight excluding hydrogens is 320 g/mol. The van der Waals surface area contributed by atoms with Crippen LogP contribution < -0.4 is 15.0 Å². The first-order chi connectivity index (χ1) is 12.3. The second-order valence-corrected chi connectivity index (χ2v) is 6.10. The van der Waals surface area contributed by atoms with E-state index in [1.165, 1.54) is 0 Å². The van der Waals surface area contributed by atoms with Crippen molar-refractivity contribution in [1.82, 2.24) is 10.5 Å². The van der Waals surface area contributed by atoms with Crippen LogP contribution in [0.25, 0.3) is 5.70 Å². The molecule has 2 aliphatic heterocycles. The molecule has 1 fully saturated rings. The van der Waals surface area contributed by atoms with Crippen LogP contribution in [-0.2, 0) is 16.2 Å². The molecule has 0 saturated carbocycles. The van der Waals surface area contributed by atoms with Gasteiger partial charge in [0.2, 0.25) is 0 Å². The molecule has 4 rings (SSSR count). The first-order valence-corrected chi connectivity index (χ1v) is 8.24.